The number of hydrogen-bond acceptors (Lipinski definition) is 5. The molecule has 0 spiro atoms. The minimum Gasteiger partial charge on any atom is -0.373 e. The number of thiophene rings is 1. The Morgan fingerprint density at radius 3 is 2.95 bits per heavy atom. The van der Waals surface area contributed by atoms with E-state index in [0.717, 1.165) is 24.1 Å². The smallest absolute Gasteiger partial charge is 0.241 e. The molecule has 0 saturated carbocycles. The molecule has 1 aromatic rings. The number of nitrogens with one attached hydrogen (secondary N) is 2. The third kappa shape index (κ3) is 2.71. The normalized spacial score (nSPS) is 30.1. The molecule has 0 amide bonds. The maximum atomic E-state index is 12.3. The van der Waals surface area contributed by atoms with Crippen LogP contribution in [0.4, 0.5) is 0 Å². The minimum atomic E-state index is -3.41. The van der Waals surface area contributed by atoms with Crippen molar-refractivity contribution in [3.8, 4) is 0 Å². The summed E-state index contributed by atoms with van der Waals surface area (Å²) < 4.78 is 33.1. The molecule has 0 radical (unpaired) electrons. The number of hydrogen-bond donors (Lipinski definition) is 2. The zero-order valence-electron chi connectivity index (χ0n) is 10.8. The predicted octanol–water partition coefficient (Wildman–Crippen LogP) is 1.07. The van der Waals surface area contributed by atoms with E-state index in [4.69, 9.17) is 4.74 Å². The van der Waals surface area contributed by atoms with Crippen LogP contribution in [0.1, 0.15) is 24.1 Å². The second-order valence-corrected chi connectivity index (χ2v) is 7.83. The van der Waals surface area contributed by atoms with E-state index in [1.165, 1.54) is 11.3 Å². The van der Waals surface area contributed by atoms with Crippen LogP contribution in [0.5, 0.6) is 0 Å². The van der Waals surface area contributed by atoms with Crippen LogP contribution in [0, 0.1) is 0 Å². The monoisotopic (exact) mass is 302 g/mol. The van der Waals surface area contributed by atoms with Crippen LogP contribution >= 0.6 is 11.3 Å². The third-order valence-corrected chi connectivity index (χ3v) is 6.26. The summed E-state index contributed by atoms with van der Waals surface area (Å²) in [6.45, 7) is 0.692. The Bertz CT molecular complexity index is 555. The number of ether oxygens (including phenoxy) is 1. The van der Waals surface area contributed by atoms with Crippen LogP contribution in [-0.4, -0.2) is 33.7 Å². The zero-order valence-corrected chi connectivity index (χ0v) is 12.4. The van der Waals surface area contributed by atoms with Crippen LogP contribution < -0.4 is 10.0 Å². The number of rotatable bonds is 5. The summed E-state index contributed by atoms with van der Waals surface area (Å²) in [6, 6.07) is 1.67. The van der Waals surface area contributed by atoms with Gasteiger partial charge in [0.25, 0.3) is 0 Å². The quantitative estimate of drug-likeness (QED) is 0.854. The summed E-state index contributed by atoms with van der Waals surface area (Å²) >= 11 is 1.46. The SMILES string of the molecule is CNCc1cc(S(=O)(=O)NC2CC3CCC2O3)cs1. The Balaban J connectivity index is 1.71. The topological polar surface area (TPSA) is 67.4 Å². The summed E-state index contributed by atoms with van der Waals surface area (Å²) in [6.07, 6.45) is 3.15. The predicted molar refractivity (Wildman–Crippen MR) is 73.7 cm³/mol. The van der Waals surface area contributed by atoms with Crippen molar-refractivity contribution in [1.82, 2.24) is 10.0 Å². The molecule has 2 aliphatic rings. The first kappa shape index (κ1) is 13.5. The van der Waals surface area contributed by atoms with Crippen molar-refractivity contribution in [2.45, 2.75) is 49.0 Å². The molecular weight excluding hydrogens is 284 g/mol. The first-order valence-corrected chi connectivity index (χ1v) is 8.84. The molecular formula is C12H18N2O3S2. The lowest BCUT2D eigenvalue weighted by molar-refractivity contribution is 0.0996. The van der Waals surface area contributed by atoms with Crippen LogP contribution in [0.25, 0.3) is 0 Å². The fourth-order valence-corrected chi connectivity index (χ4v) is 5.36. The van der Waals surface area contributed by atoms with Gasteiger partial charge in [0, 0.05) is 16.8 Å². The molecule has 3 atom stereocenters. The molecule has 2 bridgehead atoms. The first-order chi connectivity index (χ1) is 9.08. The van der Waals surface area contributed by atoms with Crippen LogP contribution in [-0.2, 0) is 21.3 Å². The average Bonchev–Trinajstić information content (AvgIpc) is 3.03. The minimum absolute atomic E-state index is 0.0589. The maximum Gasteiger partial charge on any atom is 0.241 e. The highest BCUT2D eigenvalue weighted by atomic mass is 32.2. The molecule has 19 heavy (non-hydrogen) atoms. The van der Waals surface area contributed by atoms with Gasteiger partial charge in [0.1, 0.15) is 0 Å². The van der Waals surface area contributed by atoms with Crippen molar-refractivity contribution in [3.05, 3.63) is 16.3 Å². The van der Waals surface area contributed by atoms with E-state index in [9.17, 15) is 8.42 Å². The second kappa shape index (κ2) is 5.14. The van der Waals surface area contributed by atoms with E-state index in [2.05, 4.69) is 10.0 Å². The summed E-state index contributed by atoms with van der Waals surface area (Å²) in [5.74, 6) is 0. The van der Waals surface area contributed by atoms with E-state index < -0.39 is 10.0 Å². The van der Waals surface area contributed by atoms with Gasteiger partial charge in [-0.05, 0) is 32.4 Å². The van der Waals surface area contributed by atoms with E-state index in [1.807, 2.05) is 7.05 Å². The van der Waals surface area contributed by atoms with Crippen molar-refractivity contribution in [1.29, 1.82) is 0 Å². The lowest BCUT2D eigenvalue weighted by Crippen LogP contribution is -2.41. The van der Waals surface area contributed by atoms with Gasteiger partial charge in [0.15, 0.2) is 0 Å². The van der Waals surface area contributed by atoms with Crippen molar-refractivity contribution in [2.24, 2.45) is 0 Å². The fraction of sp³-hybridized carbons (Fsp3) is 0.667. The molecule has 106 valence electrons. The molecule has 7 heteroatoms. The lowest BCUT2D eigenvalue weighted by Gasteiger charge is -2.19. The van der Waals surface area contributed by atoms with Crippen molar-refractivity contribution >= 4 is 21.4 Å². The van der Waals surface area contributed by atoms with Crippen molar-refractivity contribution < 1.29 is 13.2 Å². The van der Waals surface area contributed by atoms with Gasteiger partial charge < -0.3 is 10.1 Å². The van der Waals surface area contributed by atoms with Gasteiger partial charge in [-0.15, -0.1) is 11.3 Å². The Hall–Kier alpha value is -0.470. The standard InChI is InChI=1S/C12H18N2O3S2/c1-13-6-9-5-10(7-18-9)19(15,16)14-11-4-8-2-3-12(11)17-8/h5,7-8,11-14H,2-4,6H2,1H3. The highest BCUT2D eigenvalue weighted by Gasteiger charge is 2.42. The average molecular weight is 302 g/mol. The van der Waals surface area contributed by atoms with E-state index in [1.54, 1.807) is 11.4 Å². The lowest BCUT2D eigenvalue weighted by atomic mass is 9.96. The summed E-state index contributed by atoms with van der Waals surface area (Å²) in [7, 11) is -1.57. The Labute approximate surface area is 117 Å². The molecule has 2 N–H and O–H groups in total. The summed E-state index contributed by atoms with van der Waals surface area (Å²) in [5.41, 5.74) is 0. The van der Waals surface area contributed by atoms with E-state index >= 15 is 0 Å². The Morgan fingerprint density at radius 2 is 2.32 bits per heavy atom. The van der Waals surface area contributed by atoms with Crippen LogP contribution in [0.3, 0.4) is 0 Å². The summed E-state index contributed by atoms with van der Waals surface area (Å²) in [5, 5.41) is 4.72. The van der Waals surface area contributed by atoms with E-state index in [-0.39, 0.29) is 18.2 Å². The molecule has 5 nitrogen and oxygen atoms in total. The first-order valence-electron chi connectivity index (χ1n) is 6.48. The molecule has 2 fully saturated rings. The molecule has 3 unspecified atom stereocenters. The fourth-order valence-electron chi connectivity index (χ4n) is 2.80. The van der Waals surface area contributed by atoms with Crippen molar-refractivity contribution in [2.75, 3.05) is 7.05 Å². The number of sulfonamides is 1. The highest BCUT2D eigenvalue weighted by molar-refractivity contribution is 7.89. The largest absolute Gasteiger partial charge is 0.373 e. The number of fused-ring (bicyclic) bond motifs is 2. The van der Waals surface area contributed by atoms with Gasteiger partial charge in [-0.3, -0.25) is 0 Å². The molecule has 0 aliphatic carbocycles. The van der Waals surface area contributed by atoms with Gasteiger partial charge in [-0.1, -0.05) is 0 Å². The van der Waals surface area contributed by atoms with Gasteiger partial charge in [-0.2, -0.15) is 0 Å². The van der Waals surface area contributed by atoms with Crippen LogP contribution in [0.15, 0.2) is 16.3 Å². The zero-order chi connectivity index (χ0) is 13.5. The van der Waals surface area contributed by atoms with Gasteiger partial charge in [-0.25, -0.2) is 13.1 Å². The molecule has 2 aliphatic heterocycles. The second-order valence-electron chi connectivity index (χ2n) is 5.12. The highest BCUT2D eigenvalue weighted by Crippen LogP contribution is 2.35. The molecule has 3 heterocycles. The van der Waals surface area contributed by atoms with Gasteiger partial charge >= 0.3 is 0 Å². The van der Waals surface area contributed by atoms with Gasteiger partial charge in [0.05, 0.1) is 23.1 Å². The van der Waals surface area contributed by atoms with Gasteiger partial charge in [0.2, 0.25) is 10.0 Å². The Kier molecular flexibility index (Phi) is 3.65. The van der Waals surface area contributed by atoms with Crippen molar-refractivity contribution in [3.63, 3.8) is 0 Å². The van der Waals surface area contributed by atoms with Crippen LogP contribution in [0.2, 0.25) is 0 Å². The molecule has 0 aromatic carbocycles. The molecule has 2 saturated heterocycles. The summed E-state index contributed by atoms with van der Waals surface area (Å²) in [4.78, 5) is 1.39. The molecule has 1 aromatic heterocycles. The third-order valence-electron chi connectivity index (χ3n) is 3.70. The van der Waals surface area contributed by atoms with E-state index in [0.29, 0.717) is 11.4 Å². The Morgan fingerprint density at radius 1 is 1.47 bits per heavy atom. The maximum absolute atomic E-state index is 12.3. The molecule has 3 rings (SSSR count).